The fourth-order valence-corrected chi connectivity index (χ4v) is 3.10. The predicted molar refractivity (Wildman–Crippen MR) is 92.5 cm³/mol. The SMILES string of the molecule is C/C=C/C1COC(CCC2COC(c3ccc(C#N)cc3)OC2)OC1. The first kappa shape index (κ1) is 18.1. The lowest BCUT2D eigenvalue weighted by molar-refractivity contribution is -0.217. The third-order valence-corrected chi connectivity index (χ3v) is 4.55. The molecule has 2 heterocycles. The summed E-state index contributed by atoms with van der Waals surface area (Å²) in [6.07, 6.45) is 5.53. The molecule has 0 N–H and O–H groups in total. The number of nitrogens with zero attached hydrogens (tertiary/aromatic N) is 1. The number of hydrogen-bond donors (Lipinski definition) is 0. The molecule has 2 aliphatic rings. The van der Waals surface area contributed by atoms with Crippen LogP contribution in [0.2, 0.25) is 0 Å². The van der Waals surface area contributed by atoms with Crippen LogP contribution in [0.3, 0.4) is 0 Å². The second-order valence-corrected chi connectivity index (χ2v) is 6.56. The van der Waals surface area contributed by atoms with Gasteiger partial charge in [-0.15, -0.1) is 0 Å². The summed E-state index contributed by atoms with van der Waals surface area (Å²) in [5.74, 6) is 0.728. The van der Waals surface area contributed by atoms with E-state index < -0.39 is 0 Å². The number of rotatable bonds is 5. The second kappa shape index (κ2) is 9.12. The molecule has 0 bridgehead atoms. The first-order chi connectivity index (χ1) is 12.3. The van der Waals surface area contributed by atoms with Crippen molar-refractivity contribution < 1.29 is 18.9 Å². The Bertz CT molecular complexity index is 591. The van der Waals surface area contributed by atoms with Gasteiger partial charge in [-0.2, -0.15) is 5.26 Å². The monoisotopic (exact) mass is 343 g/mol. The number of nitriles is 1. The molecule has 2 fully saturated rings. The maximum atomic E-state index is 8.85. The highest BCUT2D eigenvalue weighted by molar-refractivity contribution is 5.32. The lowest BCUT2D eigenvalue weighted by atomic mass is 10.0. The highest BCUT2D eigenvalue weighted by Gasteiger charge is 2.26. The van der Waals surface area contributed by atoms with Gasteiger partial charge in [-0.05, 0) is 31.9 Å². The van der Waals surface area contributed by atoms with Gasteiger partial charge in [0.2, 0.25) is 0 Å². The predicted octanol–water partition coefficient (Wildman–Crippen LogP) is 3.57. The third-order valence-electron chi connectivity index (χ3n) is 4.55. The van der Waals surface area contributed by atoms with Gasteiger partial charge in [0.1, 0.15) is 0 Å². The third kappa shape index (κ3) is 5.13. The summed E-state index contributed by atoms with van der Waals surface area (Å²) in [5, 5.41) is 8.85. The van der Waals surface area contributed by atoms with Gasteiger partial charge in [0.05, 0.1) is 38.1 Å². The van der Waals surface area contributed by atoms with Crippen molar-refractivity contribution in [2.24, 2.45) is 11.8 Å². The largest absolute Gasteiger partial charge is 0.352 e. The van der Waals surface area contributed by atoms with E-state index in [1.54, 1.807) is 12.1 Å². The maximum Gasteiger partial charge on any atom is 0.183 e. The Balaban J connectivity index is 1.37. The van der Waals surface area contributed by atoms with Gasteiger partial charge < -0.3 is 18.9 Å². The van der Waals surface area contributed by atoms with Crippen LogP contribution in [0.15, 0.2) is 36.4 Å². The van der Waals surface area contributed by atoms with Crippen molar-refractivity contribution in [1.82, 2.24) is 0 Å². The van der Waals surface area contributed by atoms with Crippen LogP contribution in [0.5, 0.6) is 0 Å². The van der Waals surface area contributed by atoms with E-state index in [0.29, 0.717) is 30.6 Å². The van der Waals surface area contributed by atoms with Crippen molar-refractivity contribution in [2.75, 3.05) is 26.4 Å². The molecule has 2 aliphatic heterocycles. The van der Waals surface area contributed by atoms with E-state index in [9.17, 15) is 0 Å². The molecule has 1 aromatic carbocycles. The molecular weight excluding hydrogens is 318 g/mol. The van der Waals surface area contributed by atoms with Crippen LogP contribution >= 0.6 is 0 Å². The number of hydrogen-bond acceptors (Lipinski definition) is 5. The lowest BCUT2D eigenvalue weighted by Gasteiger charge is -2.32. The van der Waals surface area contributed by atoms with Gasteiger partial charge in [0.25, 0.3) is 0 Å². The van der Waals surface area contributed by atoms with E-state index in [4.69, 9.17) is 24.2 Å². The van der Waals surface area contributed by atoms with Crippen molar-refractivity contribution in [3.63, 3.8) is 0 Å². The molecule has 2 saturated heterocycles. The summed E-state index contributed by atoms with van der Waals surface area (Å²) in [4.78, 5) is 0. The molecule has 5 heteroatoms. The maximum absolute atomic E-state index is 8.85. The Morgan fingerprint density at radius 3 is 2.28 bits per heavy atom. The number of allylic oxidation sites excluding steroid dienone is 1. The fourth-order valence-electron chi connectivity index (χ4n) is 3.10. The lowest BCUT2D eigenvalue weighted by Crippen LogP contribution is -2.33. The van der Waals surface area contributed by atoms with E-state index in [0.717, 1.165) is 31.6 Å². The van der Waals surface area contributed by atoms with Crippen LogP contribution in [0, 0.1) is 23.2 Å². The highest BCUT2D eigenvalue weighted by atomic mass is 16.7. The topological polar surface area (TPSA) is 60.7 Å². The molecule has 0 saturated carbocycles. The van der Waals surface area contributed by atoms with Crippen molar-refractivity contribution in [1.29, 1.82) is 5.26 Å². The van der Waals surface area contributed by atoms with Crippen LogP contribution < -0.4 is 0 Å². The molecular formula is C20H25NO4. The van der Waals surface area contributed by atoms with Crippen molar-refractivity contribution >= 4 is 0 Å². The molecule has 0 amide bonds. The van der Waals surface area contributed by atoms with Gasteiger partial charge in [-0.1, -0.05) is 24.3 Å². The van der Waals surface area contributed by atoms with Crippen molar-refractivity contribution in [3.05, 3.63) is 47.5 Å². The van der Waals surface area contributed by atoms with Crippen molar-refractivity contribution in [3.8, 4) is 6.07 Å². The summed E-state index contributed by atoms with van der Waals surface area (Å²) in [6, 6.07) is 9.45. The molecule has 25 heavy (non-hydrogen) atoms. The van der Waals surface area contributed by atoms with Gasteiger partial charge in [-0.25, -0.2) is 0 Å². The first-order valence-electron chi connectivity index (χ1n) is 8.87. The van der Waals surface area contributed by atoms with Crippen LogP contribution in [-0.2, 0) is 18.9 Å². The highest BCUT2D eigenvalue weighted by Crippen LogP contribution is 2.28. The molecule has 3 rings (SSSR count). The summed E-state index contributed by atoms with van der Waals surface area (Å²) in [6.45, 7) is 4.80. The van der Waals surface area contributed by atoms with E-state index in [1.165, 1.54) is 0 Å². The Morgan fingerprint density at radius 1 is 1.00 bits per heavy atom. The molecule has 0 aromatic heterocycles. The Hall–Kier alpha value is -1.71. The minimum atomic E-state index is -0.340. The minimum absolute atomic E-state index is 0.113. The van der Waals surface area contributed by atoms with E-state index in [1.807, 2.05) is 25.1 Å². The molecule has 0 unspecified atom stereocenters. The van der Waals surface area contributed by atoms with Gasteiger partial charge in [0, 0.05) is 17.4 Å². The molecule has 0 aliphatic carbocycles. The van der Waals surface area contributed by atoms with Crippen molar-refractivity contribution in [2.45, 2.75) is 32.3 Å². The zero-order valence-electron chi connectivity index (χ0n) is 14.6. The normalized spacial score (nSPS) is 30.2. The first-order valence-corrected chi connectivity index (χ1v) is 8.87. The molecule has 0 radical (unpaired) electrons. The fraction of sp³-hybridized carbons (Fsp3) is 0.550. The standard InChI is InChI=1S/C20H25NO4/c1-2-3-16-11-22-19(23-12-16)9-6-17-13-24-20(25-14-17)18-7-4-15(10-21)5-8-18/h2-5,7-8,16-17,19-20H,6,9,11-14H2,1H3/b3-2+. The average molecular weight is 343 g/mol. The zero-order chi connectivity index (χ0) is 17.5. The molecule has 0 spiro atoms. The quantitative estimate of drug-likeness (QED) is 0.765. The Labute approximate surface area is 149 Å². The van der Waals surface area contributed by atoms with Crippen LogP contribution in [0.25, 0.3) is 0 Å². The van der Waals surface area contributed by atoms with Gasteiger partial charge in [-0.3, -0.25) is 0 Å². The summed E-state index contributed by atoms with van der Waals surface area (Å²) in [7, 11) is 0. The number of benzene rings is 1. The molecule has 134 valence electrons. The summed E-state index contributed by atoms with van der Waals surface area (Å²) >= 11 is 0. The molecule has 1 aromatic rings. The van der Waals surface area contributed by atoms with Crippen LogP contribution in [-0.4, -0.2) is 32.7 Å². The van der Waals surface area contributed by atoms with E-state index in [2.05, 4.69) is 12.1 Å². The second-order valence-electron chi connectivity index (χ2n) is 6.56. The summed E-state index contributed by atoms with van der Waals surface area (Å²) in [5.41, 5.74) is 1.59. The van der Waals surface area contributed by atoms with E-state index in [-0.39, 0.29) is 12.6 Å². The van der Waals surface area contributed by atoms with Gasteiger partial charge in [0.15, 0.2) is 12.6 Å². The summed E-state index contributed by atoms with van der Waals surface area (Å²) < 4.78 is 23.2. The Kier molecular flexibility index (Phi) is 6.60. The van der Waals surface area contributed by atoms with Gasteiger partial charge >= 0.3 is 0 Å². The Morgan fingerprint density at radius 2 is 1.68 bits per heavy atom. The number of ether oxygens (including phenoxy) is 4. The molecule has 0 atom stereocenters. The minimum Gasteiger partial charge on any atom is -0.352 e. The van der Waals surface area contributed by atoms with E-state index >= 15 is 0 Å². The van der Waals surface area contributed by atoms with Crippen LogP contribution in [0.4, 0.5) is 0 Å². The average Bonchev–Trinajstić information content (AvgIpc) is 2.68. The zero-order valence-corrected chi connectivity index (χ0v) is 14.6. The van der Waals surface area contributed by atoms with Crippen LogP contribution in [0.1, 0.15) is 37.2 Å². The smallest absolute Gasteiger partial charge is 0.183 e. The molecule has 5 nitrogen and oxygen atoms in total.